The van der Waals surface area contributed by atoms with Gasteiger partial charge in [0.1, 0.15) is 0 Å². The van der Waals surface area contributed by atoms with Crippen LogP contribution >= 0.6 is 11.6 Å². The van der Waals surface area contributed by atoms with E-state index in [2.05, 4.69) is 5.10 Å². The van der Waals surface area contributed by atoms with Gasteiger partial charge in [-0.3, -0.25) is 0 Å². The van der Waals surface area contributed by atoms with E-state index >= 15 is 0 Å². The van der Waals surface area contributed by atoms with Crippen molar-refractivity contribution in [3.05, 3.63) is 77.1 Å². The molecule has 1 aromatic heterocycles. The average Bonchev–Trinajstić information content (AvgIpc) is 3.10. The molecule has 1 heterocycles. The van der Waals surface area contributed by atoms with Crippen molar-refractivity contribution in [3.8, 4) is 5.69 Å². The number of hydrogen-bond donors (Lipinski definition) is 0. The van der Waals surface area contributed by atoms with Crippen LogP contribution in [0.4, 0.5) is 13.2 Å². The number of halogens is 4. The number of hydrogen-bond acceptors (Lipinski definition) is 3. The van der Waals surface area contributed by atoms with E-state index < -0.39 is 26.7 Å². The molecule has 0 aliphatic heterocycles. The minimum atomic E-state index is -4.85. The first-order valence-electron chi connectivity index (χ1n) is 8.01. The lowest BCUT2D eigenvalue weighted by Gasteiger charge is -2.20. The highest BCUT2D eigenvalue weighted by molar-refractivity contribution is 7.89. The fourth-order valence-corrected chi connectivity index (χ4v) is 4.14. The molecule has 0 saturated carbocycles. The third-order valence-electron chi connectivity index (χ3n) is 4.00. The van der Waals surface area contributed by atoms with Crippen LogP contribution in [0.25, 0.3) is 5.69 Å². The summed E-state index contributed by atoms with van der Waals surface area (Å²) in [4.78, 5) is -0.845. The largest absolute Gasteiger partial charge is 0.417 e. The highest BCUT2D eigenvalue weighted by Crippen LogP contribution is 2.36. The second kappa shape index (κ2) is 7.57. The van der Waals surface area contributed by atoms with Gasteiger partial charge in [-0.05, 0) is 30.3 Å². The van der Waals surface area contributed by atoms with Crippen LogP contribution in [0.1, 0.15) is 11.1 Å². The number of para-hydroxylation sites is 1. The molecule has 0 saturated heterocycles. The first-order chi connectivity index (χ1) is 13.1. The van der Waals surface area contributed by atoms with Gasteiger partial charge < -0.3 is 0 Å². The Kier molecular flexibility index (Phi) is 5.51. The maximum Gasteiger partial charge on any atom is 0.417 e. The molecule has 0 amide bonds. The van der Waals surface area contributed by atoms with Gasteiger partial charge in [0.25, 0.3) is 0 Å². The summed E-state index contributed by atoms with van der Waals surface area (Å²) in [5.41, 5.74) is 0.000556. The molecule has 0 atom stereocenters. The Bertz CT molecular complexity index is 1080. The standard InChI is InChI=1S/C18H15ClF3N3O2S/c1-24(11-13-10-23-25(12-13)15-5-3-2-4-6-15)28(26,27)17-8-7-14(19)9-16(17)18(20,21)22/h2-10,12H,11H2,1H3. The van der Waals surface area contributed by atoms with Crippen molar-refractivity contribution in [2.75, 3.05) is 7.05 Å². The van der Waals surface area contributed by atoms with Crippen molar-refractivity contribution in [2.24, 2.45) is 0 Å². The maximum absolute atomic E-state index is 13.3. The lowest BCUT2D eigenvalue weighted by Crippen LogP contribution is -2.28. The van der Waals surface area contributed by atoms with Crippen molar-refractivity contribution in [2.45, 2.75) is 17.6 Å². The predicted octanol–water partition coefficient (Wildman–Crippen LogP) is 4.37. The van der Waals surface area contributed by atoms with Gasteiger partial charge in [-0.15, -0.1) is 0 Å². The first kappa shape index (κ1) is 20.4. The quantitative estimate of drug-likeness (QED) is 0.605. The van der Waals surface area contributed by atoms with Crippen molar-refractivity contribution in [1.82, 2.24) is 14.1 Å². The summed E-state index contributed by atoms with van der Waals surface area (Å²) >= 11 is 5.62. The third-order valence-corrected chi connectivity index (χ3v) is 6.09. The van der Waals surface area contributed by atoms with E-state index in [1.165, 1.54) is 13.2 Å². The van der Waals surface area contributed by atoms with E-state index in [1.54, 1.807) is 10.9 Å². The molecule has 3 aromatic rings. The molecule has 0 N–H and O–H groups in total. The van der Waals surface area contributed by atoms with E-state index in [0.29, 0.717) is 11.6 Å². The van der Waals surface area contributed by atoms with Crippen LogP contribution < -0.4 is 0 Å². The van der Waals surface area contributed by atoms with Crippen molar-refractivity contribution < 1.29 is 21.6 Å². The summed E-state index contributed by atoms with van der Waals surface area (Å²) in [7, 11) is -3.19. The van der Waals surface area contributed by atoms with Crippen LogP contribution in [-0.2, 0) is 22.7 Å². The monoisotopic (exact) mass is 429 g/mol. The van der Waals surface area contributed by atoms with Crippen LogP contribution in [0.15, 0.2) is 65.8 Å². The summed E-state index contributed by atoms with van der Waals surface area (Å²) in [5, 5.41) is 3.96. The molecule has 5 nitrogen and oxygen atoms in total. The van der Waals surface area contributed by atoms with E-state index in [9.17, 15) is 21.6 Å². The number of aromatic nitrogens is 2. The third kappa shape index (κ3) is 4.21. The molecule has 28 heavy (non-hydrogen) atoms. The fraction of sp³-hybridized carbons (Fsp3) is 0.167. The Labute approximate surface area is 165 Å². The molecule has 148 valence electrons. The van der Waals surface area contributed by atoms with Crippen molar-refractivity contribution >= 4 is 21.6 Å². The molecular weight excluding hydrogens is 415 g/mol. The molecule has 3 rings (SSSR count). The molecule has 0 unspecified atom stereocenters. The minimum absolute atomic E-state index is 0.144. The topological polar surface area (TPSA) is 55.2 Å². The van der Waals surface area contributed by atoms with Crippen LogP contribution in [0, 0.1) is 0 Å². The summed E-state index contributed by atoms with van der Waals surface area (Å²) in [6.07, 6.45) is -1.77. The van der Waals surface area contributed by atoms with Gasteiger partial charge in [0.15, 0.2) is 0 Å². The molecule has 0 radical (unpaired) electrons. The van der Waals surface area contributed by atoms with Gasteiger partial charge in [0.2, 0.25) is 10.0 Å². The number of benzene rings is 2. The van der Waals surface area contributed by atoms with E-state index in [0.717, 1.165) is 22.1 Å². The summed E-state index contributed by atoms with van der Waals surface area (Å²) < 4.78 is 67.8. The van der Waals surface area contributed by atoms with Crippen molar-refractivity contribution in [1.29, 1.82) is 0 Å². The SMILES string of the molecule is CN(Cc1cnn(-c2ccccc2)c1)S(=O)(=O)c1ccc(Cl)cc1C(F)(F)F. The number of sulfonamides is 1. The van der Waals surface area contributed by atoms with E-state index in [1.807, 2.05) is 30.3 Å². The molecule has 0 aliphatic rings. The van der Waals surface area contributed by atoms with Gasteiger partial charge >= 0.3 is 6.18 Å². The smallest absolute Gasteiger partial charge is 0.241 e. The highest BCUT2D eigenvalue weighted by atomic mass is 35.5. The number of alkyl halides is 3. The zero-order chi connectivity index (χ0) is 20.5. The fourth-order valence-electron chi connectivity index (χ4n) is 2.62. The normalized spacial score (nSPS) is 12.5. The summed E-state index contributed by atoms with van der Waals surface area (Å²) in [5.74, 6) is 0. The van der Waals surface area contributed by atoms with Gasteiger partial charge in [-0.2, -0.15) is 22.6 Å². The Morgan fingerprint density at radius 2 is 1.82 bits per heavy atom. The Balaban J connectivity index is 1.89. The molecular formula is C18H15ClF3N3O2S. The molecule has 0 aliphatic carbocycles. The van der Waals surface area contributed by atoms with Gasteiger partial charge in [-0.25, -0.2) is 13.1 Å². The maximum atomic E-state index is 13.3. The lowest BCUT2D eigenvalue weighted by atomic mass is 10.2. The van der Waals surface area contributed by atoms with Gasteiger partial charge in [0, 0.05) is 30.4 Å². The second-order valence-electron chi connectivity index (χ2n) is 6.03. The molecule has 10 heteroatoms. The van der Waals surface area contributed by atoms with Crippen LogP contribution in [0.2, 0.25) is 5.02 Å². The number of nitrogens with zero attached hydrogens (tertiary/aromatic N) is 3. The van der Waals surface area contributed by atoms with Crippen molar-refractivity contribution in [3.63, 3.8) is 0 Å². The van der Waals surface area contributed by atoms with Crippen LogP contribution in [0.3, 0.4) is 0 Å². The van der Waals surface area contributed by atoms with Gasteiger partial charge in [0.05, 0.1) is 22.3 Å². The zero-order valence-corrected chi connectivity index (χ0v) is 16.1. The van der Waals surface area contributed by atoms with Gasteiger partial charge in [-0.1, -0.05) is 29.8 Å². The zero-order valence-electron chi connectivity index (χ0n) is 14.6. The Morgan fingerprint density at radius 1 is 1.14 bits per heavy atom. The minimum Gasteiger partial charge on any atom is -0.241 e. The van der Waals surface area contributed by atoms with E-state index in [-0.39, 0.29) is 11.6 Å². The predicted molar refractivity (Wildman–Crippen MR) is 98.7 cm³/mol. The van der Waals surface area contributed by atoms with Crippen LogP contribution in [-0.4, -0.2) is 29.6 Å². The lowest BCUT2D eigenvalue weighted by molar-refractivity contribution is -0.139. The molecule has 2 aromatic carbocycles. The summed E-state index contributed by atoms with van der Waals surface area (Å²) in [6, 6.07) is 11.7. The highest BCUT2D eigenvalue weighted by Gasteiger charge is 2.38. The first-order valence-corrected chi connectivity index (χ1v) is 9.83. The van der Waals surface area contributed by atoms with E-state index in [4.69, 9.17) is 11.6 Å². The van der Waals surface area contributed by atoms with Crippen LogP contribution in [0.5, 0.6) is 0 Å². The summed E-state index contributed by atoms with van der Waals surface area (Å²) in [6.45, 7) is -0.144. The average molecular weight is 430 g/mol. The second-order valence-corrected chi connectivity index (χ2v) is 8.48. The number of rotatable bonds is 5. The molecule has 0 bridgehead atoms. The Hall–Kier alpha value is -2.36. The molecule has 0 spiro atoms. The Morgan fingerprint density at radius 3 is 2.46 bits per heavy atom. The molecule has 0 fully saturated rings.